The number of aryl methyl sites for hydroxylation is 1. The van der Waals surface area contributed by atoms with Crippen LogP contribution < -0.4 is 5.32 Å². The summed E-state index contributed by atoms with van der Waals surface area (Å²) in [7, 11) is 2.17. The first-order valence-corrected chi connectivity index (χ1v) is 7.85. The van der Waals surface area contributed by atoms with Crippen molar-refractivity contribution in [1.82, 2.24) is 10.2 Å². The lowest BCUT2D eigenvalue weighted by atomic mass is 10.2. The number of nitrogens with one attached hydrogen (secondary N) is 1. The van der Waals surface area contributed by atoms with Gasteiger partial charge in [0.15, 0.2) is 0 Å². The van der Waals surface area contributed by atoms with Crippen LogP contribution >= 0.6 is 11.8 Å². The molecule has 1 aromatic heterocycles. The maximum atomic E-state index is 5.59. The molecule has 3 nitrogen and oxygen atoms in total. The molecule has 0 unspecified atom stereocenters. The van der Waals surface area contributed by atoms with Gasteiger partial charge in [-0.1, -0.05) is 0 Å². The third-order valence-electron chi connectivity index (χ3n) is 3.33. The lowest BCUT2D eigenvalue weighted by molar-refractivity contribution is 0.308. The summed E-state index contributed by atoms with van der Waals surface area (Å²) in [6, 6.07) is 4.11. The Morgan fingerprint density at radius 1 is 1.39 bits per heavy atom. The van der Waals surface area contributed by atoms with Gasteiger partial charge in [0.25, 0.3) is 0 Å². The molecule has 0 amide bonds. The number of hydrogen-bond acceptors (Lipinski definition) is 4. The molecule has 0 aliphatic carbocycles. The first kappa shape index (κ1) is 14.0. The van der Waals surface area contributed by atoms with Gasteiger partial charge in [-0.25, -0.2) is 0 Å². The van der Waals surface area contributed by atoms with Crippen LogP contribution in [0.1, 0.15) is 24.4 Å². The van der Waals surface area contributed by atoms with E-state index in [2.05, 4.69) is 35.1 Å². The van der Waals surface area contributed by atoms with Crippen molar-refractivity contribution >= 4 is 11.8 Å². The standard InChI is InChI=1S/C14H24N2OS/c1-12-3-4-13(17-12)11-16(2)9-10-18-14-5-7-15-8-6-14/h3-4,14-15H,5-11H2,1-2H3. The fraction of sp³-hybridized carbons (Fsp3) is 0.714. The van der Waals surface area contributed by atoms with Crippen LogP contribution in [0, 0.1) is 6.92 Å². The lowest BCUT2D eigenvalue weighted by Gasteiger charge is -2.23. The Morgan fingerprint density at radius 2 is 2.17 bits per heavy atom. The Kier molecular flexibility index (Phi) is 5.60. The van der Waals surface area contributed by atoms with Crippen LogP contribution in [-0.2, 0) is 6.54 Å². The van der Waals surface area contributed by atoms with E-state index in [9.17, 15) is 0 Å². The van der Waals surface area contributed by atoms with E-state index in [0.717, 1.165) is 29.9 Å². The average Bonchev–Trinajstić information content (AvgIpc) is 2.76. The summed E-state index contributed by atoms with van der Waals surface area (Å²) in [6.07, 6.45) is 2.65. The van der Waals surface area contributed by atoms with Gasteiger partial charge in [-0.05, 0) is 52.0 Å². The molecule has 0 saturated carbocycles. The maximum absolute atomic E-state index is 5.59. The van der Waals surface area contributed by atoms with E-state index in [1.54, 1.807) is 0 Å². The van der Waals surface area contributed by atoms with Crippen molar-refractivity contribution in [2.75, 3.05) is 32.4 Å². The van der Waals surface area contributed by atoms with E-state index in [4.69, 9.17) is 4.42 Å². The molecular formula is C14H24N2OS. The van der Waals surface area contributed by atoms with Crippen molar-refractivity contribution in [1.29, 1.82) is 0 Å². The number of thioether (sulfide) groups is 1. The topological polar surface area (TPSA) is 28.4 Å². The van der Waals surface area contributed by atoms with Crippen LogP contribution in [-0.4, -0.2) is 42.6 Å². The molecule has 0 bridgehead atoms. The zero-order chi connectivity index (χ0) is 12.8. The fourth-order valence-electron chi connectivity index (χ4n) is 2.25. The number of hydrogen-bond donors (Lipinski definition) is 1. The summed E-state index contributed by atoms with van der Waals surface area (Å²) in [5, 5.41) is 4.28. The second-order valence-electron chi connectivity index (χ2n) is 5.07. The molecule has 0 atom stereocenters. The minimum atomic E-state index is 0.866. The van der Waals surface area contributed by atoms with Crippen LogP contribution in [0.15, 0.2) is 16.5 Å². The summed E-state index contributed by atoms with van der Waals surface area (Å²) in [4.78, 5) is 2.34. The predicted molar refractivity (Wildman–Crippen MR) is 78.1 cm³/mol. The molecule has 1 aromatic rings. The highest BCUT2D eigenvalue weighted by molar-refractivity contribution is 7.99. The Labute approximate surface area is 114 Å². The van der Waals surface area contributed by atoms with Gasteiger partial charge in [0.2, 0.25) is 0 Å². The summed E-state index contributed by atoms with van der Waals surface area (Å²) < 4.78 is 5.59. The van der Waals surface area contributed by atoms with Gasteiger partial charge in [-0.2, -0.15) is 11.8 Å². The third kappa shape index (κ3) is 4.67. The highest BCUT2D eigenvalue weighted by atomic mass is 32.2. The average molecular weight is 268 g/mol. The third-order valence-corrected chi connectivity index (χ3v) is 4.70. The maximum Gasteiger partial charge on any atom is 0.118 e. The van der Waals surface area contributed by atoms with E-state index in [1.807, 2.05) is 13.0 Å². The lowest BCUT2D eigenvalue weighted by Crippen LogP contribution is -2.30. The van der Waals surface area contributed by atoms with Crippen LogP contribution in [0.4, 0.5) is 0 Å². The number of nitrogens with zero attached hydrogens (tertiary/aromatic N) is 1. The van der Waals surface area contributed by atoms with E-state index in [-0.39, 0.29) is 0 Å². The van der Waals surface area contributed by atoms with E-state index < -0.39 is 0 Å². The van der Waals surface area contributed by atoms with Gasteiger partial charge >= 0.3 is 0 Å². The predicted octanol–water partition coefficient (Wildman–Crippen LogP) is 2.51. The van der Waals surface area contributed by atoms with Crippen molar-refractivity contribution < 1.29 is 4.42 Å². The zero-order valence-corrected chi connectivity index (χ0v) is 12.3. The minimum Gasteiger partial charge on any atom is -0.465 e. The first-order chi connectivity index (χ1) is 8.74. The summed E-state index contributed by atoms with van der Waals surface area (Å²) in [5.74, 6) is 3.30. The summed E-state index contributed by atoms with van der Waals surface area (Å²) in [5.41, 5.74) is 0. The molecule has 0 aromatic carbocycles. The normalized spacial score (nSPS) is 17.5. The van der Waals surface area contributed by atoms with Gasteiger partial charge in [-0.15, -0.1) is 0 Å². The number of rotatable bonds is 6. The molecule has 1 N–H and O–H groups in total. The van der Waals surface area contributed by atoms with Crippen LogP contribution in [0.3, 0.4) is 0 Å². The molecule has 0 radical (unpaired) electrons. The monoisotopic (exact) mass is 268 g/mol. The molecule has 18 heavy (non-hydrogen) atoms. The SMILES string of the molecule is Cc1ccc(CN(C)CCSC2CCNCC2)o1. The first-order valence-electron chi connectivity index (χ1n) is 6.80. The van der Waals surface area contributed by atoms with E-state index in [1.165, 1.54) is 31.7 Å². The van der Waals surface area contributed by atoms with Crippen LogP contribution in [0.25, 0.3) is 0 Å². The van der Waals surface area contributed by atoms with Gasteiger partial charge in [0.05, 0.1) is 6.54 Å². The Hall–Kier alpha value is -0.450. The van der Waals surface area contributed by atoms with E-state index >= 15 is 0 Å². The Bertz CT molecular complexity index is 347. The molecule has 1 aliphatic rings. The van der Waals surface area contributed by atoms with Crippen molar-refractivity contribution in [2.24, 2.45) is 0 Å². The van der Waals surface area contributed by atoms with E-state index in [0.29, 0.717) is 0 Å². The van der Waals surface area contributed by atoms with Crippen LogP contribution in [0.5, 0.6) is 0 Å². The minimum absolute atomic E-state index is 0.866. The number of furan rings is 1. The molecule has 102 valence electrons. The quantitative estimate of drug-likeness (QED) is 0.858. The molecule has 4 heteroatoms. The number of piperidine rings is 1. The highest BCUT2D eigenvalue weighted by Crippen LogP contribution is 2.20. The molecule has 2 heterocycles. The largest absolute Gasteiger partial charge is 0.465 e. The van der Waals surface area contributed by atoms with Crippen LogP contribution in [0.2, 0.25) is 0 Å². The van der Waals surface area contributed by atoms with Crippen molar-refractivity contribution in [3.63, 3.8) is 0 Å². The molecular weight excluding hydrogens is 244 g/mol. The molecule has 0 spiro atoms. The highest BCUT2D eigenvalue weighted by Gasteiger charge is 2.13. The second-order valence-corrected chi connectivity index (χ2v) is 6.48. The van der Waals surface area contributed by atoms with Crippen molar-refractivity contribution in [3.8, 4) is 0 Å². The summed E-state index contributed by atoms with van der Waals surface area (Å²) >= 11 is 2.13. The van der Waals surface area contributed by atoms with Gasteiger partial charge in [-0.3, -0.25) is 4.90 Å². The molecule has 1 saturated heterocycles. The molecule has 2 rings (SSSR count). The summed E-state index contributed by atoms with van der Waals surface area (Å²) in [6.45, 7) is 6.43. The Balaban J connectivity index is 1.60. The van der Waals surface area contributed by atoms with Gasteiger partial charge in [0, 0.05) is 17.5 Å². The fourth-order valence-corrected chi connectivity index (χ4v) is 3.57. The molecule has 1 fully saturated rings. The van der Waals surface area contributed by atoms with Gasteiger partial charge in [0.1, 0.15) is 11.5 Å². The smallest absolute Gasteiger partial charge is 0.118 e. The zero-order valence-electron chi connectivity index (χ0n) is 11.4. The molecule has 1 aliphatic heterocycles. The van der Waals surface area contributed by atoms with Gasteiger partial charge < -0.3 is 9.73 Å². The second kappa shape index (κ2) is 7.22. The Morgan fingerprint density at radius 3 is 2.83 bits per heavy atom. The van der Waals surface area contributed by atoms with Crippen molar-refractivity contribution in [3.05, 3.63) is 23.7 Å². The van der Waals surface area contributed by atoms with Crippen molar-refractivity contribution in [2.45, 2.75) is 31.6 Å².